The average Bonchev–Trinajstić information content (AvgIpc) is 2.54. The molecule has 2 aromatic rings. The highest BCUT2D eigenvalue weighted by molar-refractivity contribution is 7.88. The fraction of sp³-hybridized carbons (Fsp3) is 0.333. The van der Waals surface area contributed by atoms with E-state index in [0.29, 0.717) is 6.61 Å². The second-order valence-corrected chi connectivity index (χ2v) is 7.19. The first-order valence-electron chi connectivity index (χ1n) is 7.82. The molecule has 0 aliphatic rings. The fourth-order valence-electron chi connectivity index (χ4n) is 2.25. The Hall–Kier alpha value is -1.85. The van der Waals surface area contributed by atoms with Gasteiger partial charge in [-0.3, -0.25) is 0 Å². The molecule has 0 saturated heterocycles. The van der Waals surface area contributed by atoms with E-state index in [4.69, 9.17) is 4.74 Å². The topological polar surface area (TPSA) is 55.4 Å². The van der Waals surface area contributed by atoms with Gasteiger partial charge in [-0.25, -0.2) is 13.1 Å². The van der Waals surface area contributed by atoms with Crippen molar-refractivity contribution in [3.63, 3.8) is 0 Å². The zero-order valence-corrected chi connectivity index (χ0v) is 14.2. The number of ether oxygens (including phenoxy) is 1. The molecule has 0 spiro atoms. The lowest BCUT2D eigenvalue weighted by molar-refractivity contribution is 0.322. The molecule has 23 heavy (non-hydrogen) atoms. The van der Waals surface area contributed by atoms with E-state index in [9.17, 15) is 8.42 Å². The second-order valence-electron chi connectivity index (χ2n) is 5.38. The Balaban J connectivity index is 1.74. The van der Waals surface area contributed by atoms with Crippen molar-refractivity contribution in [3.05, 3.63) is 65.7 Å². The number of sulfonamides is 1. The lowest BCUT2D eigenvalue weighted by Crippen LogP contribution is -2.29. The van der Waals surface area contributed by atoms with E-state index in [1.807, 2.05) is 42.5 Å². The first-order valence-corrected chi connectivity index (χ1v) is 9.47. The summed E-state index contributed by atoms with van der Waals surface area (Å²) in [6.45, 7) is 2.71. The molecule has 2 aromatic carbocycles. The predicted octanol–water partition coefficient (Wildman–Crippen LogP) is 3.14. The summed E-state index contributed by atoms with van der Waals surface area (Å²) >= 11 is 0. The highest BCUT2D eigenvalue weighted by Gasteiger charge is 2.10. The summed E-state index contributed by atoms with van der Waals surface area (Å²) in [7, 11) is -3.33. The molecular formula is C18H23NO3S. The summed E-state index contributed by atoms with van der Waals surface area (Å²) in [4.78, 5) is 0. The van der Waals surface area contributed by atoms with Gasteiger partial charge in [0.25, 0.3) is 0 Å². The van der Waals surface area contributed by atoms with Gasteiger partial charge in [0.15, 0.2) is 0 Å². The van der Waals surface area contributed by atoms with Crippen LogP contribution < -0.4 is 9.46 Å². The molecule has 124 valence electrons. The Morgan fingerprint density at radius 2 is 1.65 bits per heavy atom. The Labute approximate surface area is 138 Å². The van der Waals surface area contributed by atoms with Crippen LogP contribution in [0.5, 0.6) is 5.75 Å². The van der Waals surface area contributed by atoms with Gasteiger partial charge in [-0.2, -0.15) is 0 Å². The standard InChI is InChI=1S/C18H23NO3S/c1-2-6-16-9-11-18(12-10-16)22-14-13-19-23(20,21)15-17-7-4-3-5-8-17/h3-5,7-12,19H,2,6,13-15H2,1H3. The molecule has 0 aliphatic carbocycles. The van der Waals surface area contributed by atoms with Crippen molar-refractivity contribution in [1.29, 1.82) is 0 Å². The van der Waals surface area contributed by atoms with Gasteiger partial charge < -0.3 is 4.74 Å². The molecule has 2 rings (SSSR count). The minimum absolute atomic E-state index is 0.0143. The highest BCUT2D eigenvalue weighted by atomic mass is 32.2. The molecule has 0 heterocycles. The number of aryl methyl sites for hydroxylation is 1. The molecule has 0 unspecified atom stereocenters. The van der Waals surface area contributed by atoms with E-state index < -0.39 is 10.0 Å². The first kappa shape index (κ1) is 17.5. The first-order chi connectivity index (χ1) is 11.1. The van der Waals surface area contributed by atoms with Gasteiger partial charge in [-0.15, -0.1) is 0 Å². The second kappa shape index (κ2) is 8.70. The minimum Gasteiger partial charge on any atom is -0.492 e. The highest BCUT2D eigenvalue weighted by Crippen LogP contribution is 2.13. The molecule has 0 bridgehead atoms. The van der Waals surface area contributed by atoms with Gasteiger partial charge in [-0.1, -0.05) is 55.8 Å². The normalized spacial score (nSPS) is 11.3. The minimum atomic E-state index is -3.33. The third-order valence-corrected chi connectivity index (χ3v) is 4.71. The SMILES string of the molecule is CCCc1ccc(OCCNS(=O)(=O)Cc2ccccc2)cc1. The van der Waals surface area contributed by atoms with Crippen LogP contribution in [0.3, 0.4) is 0 Å². The fourth-order valence-corrected chi connectivity index (χ4v) is 3.38. The molecule has 5 heteroatoms. The van der Waals surface area contributed by atoms with Crippen molar-refractivity contribution < 1.29 is 13.2 Å². The van der Waals surface area contributed by atoms with Crippen LogP contribution in [0.2, 0.25) is 0 Å². The van der Waals surface area contributed by atoms with E-state index in [1.54, 1.807) is 12.1 Å². The zero-order chi connectivity index (χ0) is 16.5. The number of rotatable bonds is 9. The smallest absolute Gasteiger partial charge is 0.215 e. The molecule has 0 fully saturated rings. The van der Waals surface area contributed by atoms with Crippen LogP contribution in [0.15, 0.2) is 54.6 Å². The van der Waals surface area contributed by atoms with E-state index in [0.717, 1.165) is 24.2 Å². The van der Waals surface area contributed by atoms with Crippen LogP contribution in [-0.2, 0) is 22.2 Å². The number of nitrogens with one attached hydrogen (secondary N) is 1. The van der Waals surface area contributed by atoms with Gasteiger partial charge in [0.2, 0.25) is 10.0 Å². The van der Waals surface area contributed by atoms with Gasteiger partial charge in [0.1, 0.15) is 12.4 Å². The summed E-state index contributed by atoms with van der Waals surface area (Å²) in [5.74, 6) is 0.742. The maximum Gasteiger partial charge on any atom is 0.215 e. The van der Waals surface area contributed by atoms with E-state index in [-0.39, 0.29) is 12.3 Å². The molecule has 0 atom stereocenters. The Bertz CT molecular complexity index is 682. The molecule has 0 amide bonds. The summed E-state index contributed by atoms with van der Waals surface area (Å²) in [6.07, 6.45) is 2.17. The monoisotopic (exact) mass is 333 g/mol. The van der Waals surface area contributed by atoms with Crippen molar-refractivity contribution in [2.75, 3.05) is 13.2 Å². The average molecular weight is 333 g/mol. The molecule has 0 aliphatic heterocycles. The Morgan fingerprint density at radius 3 is 2.30 bits per heavy atom. The summed E-state index contributed by atoms with van der Waals surface area (Å²) in [5, 5.41) is 0. The van der Waals surface area contributed by atoms with Crippen LogP contribution in [0, 0.1) is 0 Å². The van der Waals surface area contributed by atoms with Crippen LogP contribution in [0.25, 0.3) is 0 Å². The molecule has 0 radical (unpaired) electrons. The molecule has 1 N–H and O–H groups in total. The summed E-state index contributed by atoms with van der Waals surface area (Å²) in [6, 6.07) is 17.0. The van der Waals surface area contributed by atoms with E-state index in [1.165, 1.54) is 5.56 Å². The molecular weight excluding hydrogens is 310 g/mol. The molecule has 0 aromatic heterocycles. The molecule has 0 saturated carbocycles. The number of hydrogen-bond acceptors (Lipinski definition) is 3. The zero-order valence-electron chi connectivity index (χ0n) is 13.4. The van der Waals surface area contributed by atoms with Crippen molar-refractivity contribution in [2.24, 2.45) is 0 Å². The third-order valence-electron chi connectivity index (χ3n) is 3.35. The van der Waals surface area contributed by atoms with E-state index in [2.05, 4.69) is 11.6 Å². The quantitative estimate of drug-likeness (QED) is 0.717. The number of hydrogen-bond donors (Lipinski definition) is 1. The summed E-state index contributed by atoms with van der Waals surface area (Å²) in [5.41, 5.74) is 2.05. The lowest BCUT2D eigenvalue weighted by Gasteiger charge is -2.09. The van der Waals surface area contributed by atoms with Crippen molar-refractivity contribution in [2.45, 2.75) is 25.5 Å². The predicted molar refractivity (Wildman–Crippen MR) is 93.0 cm³/mol. The van der Waals surface area contributed by atoms with Gasteiger partial charge in [-0.05, 0) is 29.7 Å². The van der Waals surface area contributed by atoms with Crippen molar-refractivity contribution in [1.82, 2.24) is 4.72 Å². The summed E-state index contributed by atoms with van der Waals surface area (Å²) < 4.78 is 32.0. The van der Waals surface area contributed by atoms with Gasteiger partial charge >= 0.3 is 0 Å². The lowest BCUT2D eigenvalue weighted by atomic mass is 10.1. The largest absolute Gasteiger partial charge is 0.492 e. The molecule has 4 nitrogen and oxygen atoms in total. The third kappa shape index (κ3) is 6.42. The van der Waals surface area contributed by atoms with Crippen molar-refractivity contribution >= 4 is 10.0 Å². The van der Waals surface area contributed by atoms with Gasteiger partial charge in [0, 0.05) is 6.54 Å². The number of benzene rings is 2. The van der Waals surface area contributed by atoms with E-state index >= 15 is 0 Å². The van der Waals surface area contributed by atoms with Crippen molar-refractivity contribution in [3.8, 4) is 5.75 Å². The maximum absolute atomic E-state index is 12.0. The van der Waals surface area contributed by atoms with Crippen LogP contribution >= 0.6 is 0 Å². The van der Waals surface area contributed by atoms with Crippen LogP contribution in [0.1, 0.15) is 24.5 Å². The van der Waals surface area contributed by atoms with Gasteiger partial charge in [0.05, 0.1) is 5.75 Å². The van der Waals surface area contributed by atoms with Crippen LogP contribution in [0.4, 0.5) is 0 Å². The van der Waals surface area contributed by atoms with Crippen LogP contribution in [-0.4, -0.2) is 21.6 Å². The Morgan fingerprint density at radius 1 is 0.957 bits per heavy atom. The Kier molecular flexibility index (Phi) is 6.62. The maximum atomic E-state index is 12.0.